The zero-order valence-corrected chi connectivity index (χ0v) is 18.8. The Morgan fingerprint density at radius 1 is 1.15 bits per heavy atom. The number of aliphatic hydroxyl groups excluding tert-OH is 1. The van der Waals surface area contributed by atoms with Crippen LogP contribution in [0.3, 0.4) is 0 Å². The van der Waals surface area contributed by atoms with Gasteiger partial charge in [0, 0.05) is 41.2 Å². The first-order valence-electron chi connectivity index (χ1n) is 10.8. The number of amides is 1. The molecule has 7 nitrogen and oxygen atoms in total. The summed E-state index contributed by atoms with van der Waals surface area (Å²) in [5.41, 5.74) is 8.32. The van der Waals surface area contributed by atoms with Crippen LogP contribution in [0.4, 0.5) is 5.82 Å². The molecule has 0 saturated heterocycles. The molecule has 2 aromatic carbocycles. The van der Waals surface area contributed by atoms with E-state index < -0.39 is 6.10 Å². The van der Waals surface area contributed by atoms with Gasteiger partial charge in [-0.2, -0.15) is 5.26 Å². The van der Waals surface area contributed by atoms with Crippen LogP contribution in [0.15, 0.2) is 48.7 Å². The number of benzene rings is 2. The predicted molar refractivity (Wildman–Crippen MR) is 129 cm³/mol. The molecule has 0 aliphatic heterocycles. The number of rotatable bonds is 7. The van der Waals surface area contributed by atoms with Crippen molar-refractivity contribution in [2.75, 3.05) is 31.9 Å². The lowest BCUT2D eigenvalue weighted by Crippen LogP contribution is -2.40. The number of hydrogen-bond acceptors (Lipinski definition) is 6. The molecule has 0 radical (unpaired) electrons. The maximum Gasteiger partial charge on any atom is 0.251 e. The molecular weight excluding hydrogens is 414 g/mol. The second kappa shape index (κ2) is 11.1. The highest BCUT2D eigenvalue weighted by Gasteiger charge is 2.12. The van der Waals surface area contributed by atoms with Gasteiger partial charge in [0.15, 0.2) is 0 Å². The molecule has 7 heteroatoms. The van der Waals surface area contributed by atoms with E-state index in [4.69, 9.17) is 5.73 Å². The number of aliphatic hydroxyl groups is 1. The van der Waals surface area contributed by atoms with Crippen LogP contribution in [0.5, 0.6) is 0 Å². The van der Waals surface area contributed by atoms with Crippen LogP contribution in [-0.2, 0) is 0 Å². The Morgan fingerprint density at radius 2 is 1.85 bits per heavy atom. The first-order valence-corrected chi connectivity index (χ1v) is 10.8. The van der Waals surface area contributed by atoms with Crippen molar-refractivity contribution in [3.05, 3.63) is 70.9 Å². The van der Waals surface area contributed by atoms with Gasteiger partial charge in [-0.1, -0.05) is 31.8 Å². The molecule has 3 aromatic rings. The van der Waals surface area contributed by atoms with Gasteiger partial charge in [-0.25, -0.2) is 4.98 Å². The normalized spacial score (nSPS) is 11.5. The van der Waals surface area contributed by atoms with E-state index in [-0.39, 0.29) is 12.5 Å². The van der Waals surface area contributed by atoms with E-state index in [2.05, 4.69) is 33.1 Å². The number of carbonyl (C=O) groups excluding carboxylic acids is 1. The fourth-order valence-corrected chi connectivity index (χ4v) is 3.42. The Balaban J connectivity index is 1.71. The molecule has 3 rings (SSSR count). The highest BCUT2D eigenvalue weighted by atomic mass is 16.3. The minimum Gasteiger partial charge on any atom is -0.390 e. The van der Waals surface area contributed by atoms with Gasteiger partial charge >= 0.3 is 0 Å². The average molecular weight is 442 g/mol. The molecule has 1 heterocycles. The minimum absolute atomic E-state index is 0.189. The number of anilines is 1. The fourth-order valence-electron chi connectivity index (χ4n) is 3.42. The smallest absolute Gasteiger partial charge is 0.251 e. The SMILES string of the molecule is CCN(CC)CC(O)CNC(=O)c1ccc(C#Cc2c(N)ncc3ccc(C#N)cc23)cc1. The molecule has 1 amide bonds. The summed E-state index contributed by atoms with van der Waals surface area (Å²) in [5.74, 6) is 6.15. The summed E-state index contributed by atoms with van der Waals surface area (Å²) in [6, 6.07) is 14.3. The number of carbonyl (C=O) groups is 1. The van der Waals surface area contributed by atoms with Gasteiger partial charge in [0.05, 0.1) is 23.3 Å². The maximum absolute atomic E-state index is 12.4. The largest absolute Gasteiger partial charge is 0.390 e. The van der Waals surface area contributed by atoms with E-state index in [0.717, 1.165) is 23.9 Å². The highest BCUT2D eigenvalue weighted by Crippen LogP contribution is 2.22. The Kier molecular flexibility index (Phi) is 7.99. The van der Waals surface area contributed by atoms with Crippen LogP contribution in [0.1, 0.15) is 40.9 Å². The third-order valence-corrected chi connectivity index (χ3v) is 5.39. The standard InChI is InChI=1S/C26H27N5O2/c1-3-31(4-2)17-22(32)16-30-26(33)20-9-5-18(6-10-20)8-12-23-24-13-19(14-27)7-11-21(24)15-29-25(23)28/h5-7,9-11,13,15,22,32H,3-4,16-17H2,1-2H3,(H2,28,29)(H,30,33). The first-order chi connectivity index (χ1) is 15.9. The number of fused-ring (bicyclic) bond motifs is 1. The number of aromatic nitrogens is 1. The molecule has 168 valence electrons. The number of hydrogen-bond donors (Lipinski definition) is 3. The molecule has 33 heavy (non-hydrogen) atoms. The summed E-state index contributed by atoms with van der Waals surface area (Å²) in [4.78, 5) is 18.7. The lowest BCUT2D eigenvalue weighted by Gasteiger charge is -2.22. The summed E-state index contributed by atoms with van der Waals surface area (Å²) in [5, 5.41) is 23.7. The van der Waals surface area contributed by atoms with Crippen molar-refractivity contribution in [3.63, 3.8) is 0 Å². The van der Waals surface area contributed by atoms with Gasteiger partial charge in [0.25, 0.3) is 5.91 Å². The van der Waals surface area contributed by atoms with Crippen LogP contribution in [0.25, 0.3) is 10.8 Å². The Morgan fingerprint density at radius 3 is 2.52 bits per heavy atom. The predicted octanol–water partition coefficient (Wildman–Crippen LogP) is 2.52. The van der Waals surface area contributed by atoms with Gasteiger partial charge in [0.1, 0.15) is 5.82 Å². The number of likely N-dealkylation sites (N-methyl/N-ethyl adjacent to an activating group) is 1. The highest BCUT2D eigenvalue weighted by molar-refractivity contribution is 5.94. The number of nitrogens with two attached hydrogens (primary N) is 1. The summed E-state index contributed by atoms with van der Waals surface area (Å²) in [7, 11) is 0. The van der Waals surface area contributed by atoms with Gasteiger partial charge in [-0.3, -0.25) is 4.79 Å². The van der Waals surface area contributed by atoms with E-state index in [9.17, 15) is 15.2 Å². The van der Waals surface area contributed by atoms with Crippen molar-refractivity contribution in [3.8, 4) is 17.9 Å². The van der Waals surface area contributed by atoms with Crippen molar-refractivity contribution in [2.24, 2.45) is 0 Å². The van der Waals surface area contributed by atoms with Crippen LogP contribution in [-0.4, -0.2) is 53.2 Å². The Bertz CT molecular complexity index is 1230. The second-order valence-electron chi connectivity index (χ2n) is 7.61. The molecule has 0 bridgehead atoms. The van der Waals surface area contributed by atoms with Gasteiger partial charge in [-0.05, 0) is 49.5 Å². The topological polar surface area (TPSA) is 115 Å². The third-order valence-electron chi connectivity index (χ3n) is 5.39. The van der Waals surface area contributed by atoms with E-state index in [1.54, 1.807) is 42.6 Å². The molecule has 1 unspecified atom stereocenters. The van der Waals surface area contributed by atoms with Crippen molar-refractivity contribution in [1.82, 2.24) is 15.2 Å². The Labute approximate surface area is 193 Å². The van der Waals surface area contributed by atoms with E-state index in [1.165, 1.54) is 0 Å². The molecule has 1 aromatic heterocycles. The lowest BCUT2D eigenvalue weighted by atomic mass is 10.0. The minimum atomic E-state index is -0.625. The maximum atomic E-state index is 12.4. The van der Waals surface area contributed by atoms with E-state index in [0.29, 0.717) is 34.6 Å². The molecule has 0 aliphatic rings. The van der Waals surface area contributed by atoms with Crippen LogP contribution < -0.4 is 11.1 Å². The van der Waals surface area contributed by atoms with Crippen LogP contribution in [0.2, 0.25) is 0 Å². The van der Waals surface area contributed by atoms with Crippen molar-refractivity contribution in [2.45, 2.75) is 20.0 Å². The van der Waals surface area contributed by atoms with Gasteiger partial charge in [-0.15, -0.1) is 0 Å². The van der Waals surface area contributed by atoms with Crippen molar-refractivity contribution in [1.29, 1.82) is 5.26 Å². The van der Waals surface area contributed by atoms with Crippen molar-refractivity contribution >= 4 is 22.5 Å². The fraction of sp³-hybridized carbons (Fsp3) is 0.269. The lowest BCUT2D eigenvalue weighted by molar-refractivity contribution is 0.0869. The molecular formula is C26H27N5O2. The van der Waals surface area contributed by atoms with Gasteiger partial charge in [0.2, 0.25) is 0 Å². The van der Waals surface area contributed by atoms with E-state index in [1.807, 2.05) is 19.9 Å². The van der Waals surface area contributed by atoms with Crippen LogP contribution in [0, 0.1) is 23.2 Å². The van der Waals surface area contributed by atoms with Crippen molar-refractivity contribution < 1.29 is 9.90 Å². The number of pyridine rings is 1. The molecule has 4 N–H and O–H groups in total. The summed E-state index contributed by atoms with van der Waals surface area (Å²) in [6.45, 7) is 6.48. The van der Waals surface area contributed by atoms with Crippen LogP contribution >= 0.6 is 0 Å². The third kappa shape index (κ3) is 6.08. The molecule has 0 saturated carbocycles. The summed E-state index contributed by atoms with van der Waals surface area (Å²) in [6.07, 6.45) is 1.03. The number of nitrogens with zero attached hydrogens (tertiary/aromatic N) is 3. The first kappa shape index (κ1) is 23.7. The zero-order valence-electron chi connectivity index (χ0n) is 18.8. The summed E-state index contributed by atoms with van der Waals surface area (Å²) < 4.78 is 0. The summed E-state index contributed by atoms with van der Waals surface area (Å²) >= 11 is 0. The quantitative estimate of drug-likeness (QED) is 0.485. The van der Waals surface area contributed by atoms with Gasteiger partial charge < -0.3 is 21.1 Å². The number of nitrogens with one attached hydrogen (secondary N) is 1. The number of nitrogen functional groups attached to an aromatic ring is 1. The molecule has 1 atom stereocenters. The molecule has 0 spiro atoms. The van der Waals surface area contributed by atoms with E-state index >= 15 is 0 Å². The average Bonchev–Trinajstić information content (AvgIpc) is 2.85. The number of nitriles is 1. The zero-order chi connectivity index (χ0) is 23.8. The second-order valence-corrected chi connectivity index (χ2v) is 7.61. The Hall–Kier alpha value is -3.91. The monoisotopic (exact) mass is 441 g/mol. The molecule has 0 fully saturated rings. The molecule has 0 aliphatic carbocycles.